The van der Waals surface area contributed by atoms with E-state index in [0.29, 0.717) is 0 Å². The number of benzene rings is 1. The largest absolute Gasteiger partial charge is 0.598 e. The lowest BCUT2D eigenvalue weighted by Crippen LogP contribution is -2.40. The summed E-state index contributed by atoms with van der Waals surface area (Å²) < 4.78 is 30.2. The van der Waals surface area contributed by atoms with Crippen molar-refractivity contribution in [1.82, 2.24) is 9.29 Å². The zero-order valence-corrected chi connectivity index (χ0v) is 13.3. The number of aromatic nitrogens is 1. The normalized spacial score (nSPS) is 15.6. The van der Waals surface area contributed by atoms with Gasteiger partial charge < -0.3 is 9.12 Å². The van der Waals surface area contributed by atoms with Crippen LogP contribution in [0, 0.1) is 5.82 Å². The Morgan fingerprint density at radius 3 is 2.55 bits per heavy atom. The molecule has 0 amide bonds. The second-order valence-electron chi connectivity index (χ2n) is 6.05. The zero-order valence-electron chi connectivity index (χ0n) is 12.5. The summed E-state index contributed by atoms with van der Waals surface area (Å²) in [6.45, 7) is 7.76. The van der Waals surface area contributed by atoms with Crippen molar-refractivity contribution in [3.63, 3.8) is 0 Å². The first kappa shape index (κ1) is 15.4. The van der Waals surface area contributed by atoms with Gasteiger partial charge in [0.1, 0.15) is 10.6 Å². The summed E-state index contributed by atoms with van der Waals surface area (Å²) in [5.41, 5.74) is 1.96. The molecule has 2 aromatic rings. The van der Waals surface area contributed by atoms with Crippen LogP contribution in [-0.4, -0.2) is 13.9 Å². The van der Waals surface area contributed by atoms with E-state index in [4.69, 9.17) is 0 Å². The number of fused-ring (bicyclic) bond motifs is 1. The highest BCUT2D eigenvalue weighted by Crippen LogP contribution is 2.25. The molecule has 0 saturated carbocycles. The molecule has 1 aromatic heterocycles. The summed E-state index contributed by atoms with van der Waals surface area (Å²) in [5, 5.41) is 0.859. The van der Waals surface area contributed by atoms with Crippen molar-refractivity contribution in [2.75, 3.05) is 0 Å². The van der Waals surface area contributed by atoms with Gasteiger partial charge in [-0.1, -0.05) is 0 Å². The van der Waals surface area contributed by atoms with Gasteiger partial charge in [-0.25, -0.2) is 4.39 Å². The van der Waals surface area contributed by atoms with Gasteiger partial charge in [0.05, 0.1) is 6.04 Å². The number of nitrogens with one attached hydrogen (secondary N) is 1. The minimum absolute atomic E-state index is 0.0736. The molecule has 2 atom stereocenters. The van der Waals surface area contributed by atoms with E-state index in [1.165, 1.54) is 12.1 Å². The third-order valence-corrected chi connectivity index (χ3v) is 5.01. The molecule has 0 saturated heterocycles. The van der Waals surface area contributed by atoms with E-state index in [-0.39, 0.29) is 16.6 Å². The topological polar surface area (TPSA) is 40.0 Å². The first-order chi connectivity index (χ1) is 9.20. The van der Waals surface area contributed by atoms with Crippen molar-refractivity contribution < 1.29 is 8.94 Å². The SMILES string of the molecule is C[C@@H](N[S@+]([O-])C(C)(C)C)c1cc2cc(F)ccc2n1C. The zero-order chi connectivity index (χ0) is 15.1. The Labute approximate surface area is 122 Å². The quantitative estimate of drug-likeness (QED) is 0.882. The van der Waals surface area contributed by atoms with Gasteiger partial charge in [-0.15, -0.1) is 4.72 Å². The molecule has 0 unspecified atom stereocenters. The second kappa shape index (κ2) is 5.39. The molecule has 20 heavy (non-hydrogen) atoms. The third-order valence-electron chi connectivity index (χ3n) is 3.33. The standard InChI is InChI=1S/C15H21FN2OS/c1-10(17-20(19)15(2,3)4)14-9-11-8-12(16)6-7-13(11)18(14)5/h6-10,17H,1-5H3/t10-,20-/m1/s1. The van der Waals surface area contributed by atoms with Crippen LogP contribution in [0.1, 0.15) is 39.4 Å². The average Bonchev–Trinajstić information content (AvgIpc) is 2.65. The predicted octanol–water partition coefficient (Wildman–Crippen LogP) is 3.43. The van der Waals surface area contributed by atoms with E-state index in [0.717, 1.165) is 16.6 Å². The number of rotatable bonds is 3. The number of hydrogen-bond acceptors (Lipinski definition) is 2. The fraction of sp³-hybridized carbons (Fsp3) is 0.467. The van der Waals surface area contributed by atoms with Crippen molar-refractivity contribution in [1.29, 1.82) is 0 Å². The highest BCUT2D eigenvalue weighted by molar-refractivity contribution is 7.90. The second-order valence-corrected chi connectivity index (χ2v) is 8.05. The van der Waals surface area contributed by atoms with Gasteiger partial charge in [-0.3, -0.25) is 0 Å². The van der Waals surface area contributed by atoms with Gasteiger partial charge in [0, 0.05) is 35.0 Å². The van der Waals surface area contributed by atoms with Crippen LogP contribution in [-0.2, 0) is 18.4 Å². The molecule has 0 spiro atoms. The number of aryl methyl sites for hydroxylation is 1. The smallest absolute Gasteiger partial charge is 0.136 e. The fourth-order valence-electron chi connectivity index (χ4n) is 2.15. The number of nitrogens with zero attached hydrogens (tertiary/aromatic N) is 1. The van der Waals surface area contributed by atoms with Gasteiger partial charge in [-0.05, 0) is 52.0 Å². The van der Waals surface area contributed by atoms with Crippen LogP contribution in [0.25, 0.3) is 10.9 Å². The molecule has 0 aliphatic carbocycles. The Morgan fingerprint density at radius 2 is 1.95 bits per heavy atom. The van der Waals surface area contributed by atoms with Crippen LogP contribution < -0.4 is 4.72 Å². The first-order valence-electron chi connectivity index (χ1n) is 6.63. The number of hydrogen-bond donors (Lipinski definition) is 1. The van der Waals surface area contributed by atoms with Gasteiger partial charge in [0.15, 0.2) is 0 Å². The van der Waals surface area contributed by atoms with Crippen molar-refractivity contribution in [2.45, 2.75) is 38.5 Å². The lowest BCUT2D eigenvalue weighted by atomic mass is 10.2. The molecule has 3 nitrogen and oxygen atoms in total. The molecule has 0 fully saturated rings. The van der Waals surface area contributed by atoms with Gasteiger partial charge in [0.25, 0.3) is 0 Å². The van der Waals surface area contributed by atoms with Crippen LogP contribution >= 0.6 is 0 Å². The Bertz CT molecular complexity index is 618. The highest BCUT2D eigenvalue weighted by Gasteiger charge is 2.29. The van der Waals surface area contributed by atoms with E-state index in [9.17, 15) is 8.94 Å². The molecule has 0 aliphatic heterocycles. The van der Waals surface area contributed by atoms with Crippen LogP contribution in [0.15, 0.2) is 24.3 Å². The lowest BCUT2D eigenvalue weighted by molar-refractivity contribution is 0.526. The molecular weight excluding hydrogens is 275 g/mol. The molecule has 1 heterocycles. The Morgan fingerprint density at radius 1 is 1.30 bits per heavy atom. The maximum Gasteiger partial charge on any atom is 0.136 e. The third kappa shape index (κ3) is 3.00. The average molecular weight is 296 g/mol. The molecule has 0 bridgehead atoms. The summed E-state index contributed by atoms with van der Waals surface area (Å²) in [6.07, 6.45) is 0. The first-order valence-corrected chi connectivity index (χ1v) is 7.78. The predicted molar refractivity (Wildman–Crippen MR) is 82.3 cm³/mol. The Balaban J connectivity index is 2.31. The maximum absolute atomic E-state index is 13.3. The number of halogens is 1. The van der Waals surface area contributed by atoms with E-state index in [2.05, 4.69) is 4.72 Å². The van der Waals surface area contributed by atoms with Gasteiger partial charge in [0.2, 0.25) is 0 Å². The summed E-state index contributed by atoms with van der Waals surface area (Å²) in [7, 11) is 1.94. The summed E-state index contributed by atoms with van der Waals surface area (Å²) >= 11 is -1.14. The van der Waals surface area contributed by atoms with Crippen LogP contribution in [0.4, 0.5) is 4.39 Å². The molecule has 0 aliphatic rings. The van der Waals surface area contributed by atoms with E-state index >= 15 is 0 Å². The highest BCUT2D eigenvalue weighted by atomic mass is 32.2. The molecule has 5 heteroatoms. The summed E-state index contributed by atoms with van der Waals surface area (Å²) in [6, 6.07) is 6.61. The summed E-state index contributed by atoms with van der Waals surface area (Å²) in [4.78, 5) is 0. The molecule has 2 rings (SSSR count). The minimum Gasteiger partial charge on any atom is -0.598 e. The van der Waals surface area contributed by atoms with E-state index < -0.39 is 11.4 Å². The van der Waals surface area contributed by atoms with Crippen molar-refractivity contribution in [3.8, 4) is 0 Å². The lowest BCUT2D eigenvalue weighted by Gasteiger charge is -2.26. The van der Waals surface area contributed by atoms with Crippen LogP contribution in [0.3, 0.4) is 0 Å². The van der Waals surface area contributed by atoms with Crippen molar-refractivity contribution in [3.05, 3.63) is 35.8 Å². The van der Waals surface area contributed by atoms with Gasteiger partial charge in [-0.2, -0.15) is 0 Å². The van der Waals surface area contributed by atoms with Gasteiger partial charge >= 0.3 is 0 Å². The molecule has 1 N–H and O–H groups in total. The molecular formula is C15H21FN2OS. The Hall–Kier alpha value is -1.04. The molecule has 0 radical (unpaired) electrons. The van der Waals surface area contributed by atoms with E-state index in [1.807, 2.05) is 45.4 Å². The monoisotopic (exact) mass is 296 g/mol. The van der Waals surface area contributed by atoms with Crippen molar-refractivity contribution >= 4 is 22.3 Å². The fourth-order valence-corrected chi connectivity index (χ4v) is 2.95. The van der Waals surface area contributed by atoms with Crippen molar-refractivity contribution in [2.24, 2.45) is 7.05 Å². The minimum atomic E-state index is -1.14. The maximum atomic E-state index is 13.3. The van der Waals surface area contributed by atoms with E-state index in [1.54, 1.807) is 6.07 Å². The summed E-state index contributed by atoms with van der Waals surface area (Å²) in [5.74, 6) is -0.242. The van der Waals surface area contributed by atoms with Crippen LogP contribution in [0.5, 0.6) is 0 Å². The molecule has 110 valence electrons. The Kier molecular flexibility index (Phi) is 4.14. The molecule has 1 aromatic carbocycles. The van der Waals surface area contributed by atoms with Crippen LogP contribution in [0.2, 0.25) is 0 Å².